The van der Waals surface area contributed by atoms with Crippen molar-refractivity contribution in [3.8, 4) is 0 Å². The summed E-state index contributed by atoms with van der Waals surface area (Å²) in [5.74, 6) is 0.650. The molecule has 1 aliphatic carbocycles. The van der Waals surface area contributed by atoms with Crippen LogP contribution in [0.4, 0.5) is 0 Å². The highest BCUT2D eigenvalue weighted by Gasteiger charge is 2.29. The van der Waals surface area contributed by atoms with Gasteiger partial charge in [-0.15, -0.1) is 11.6 Å². The molecule has 2 rings (SSSR count). The zero-order valence-electron chi connectivity index (χ0n) is 10.8. The van der Waals surface area contributed by atoms with Crippen molar-refractivity contribution in [3.05, 3.63) is 28.2 Å². The van der Waals surface area contributed by atoms with Gasteiger partial charge >= 0.3 is 0 Å². The molecule has 1 aromatic carbocycles. The molecule has 0 bridgehead atoms. The molecule has 0 spiro atoms. The van der Waals surface area contributed by atoms with E-state index < -0.39 is 10.0 Å². The van der Waals surface area contributed by atoms with E-state index in [1.54, 1.807) is 0 Å². The van der Waals surface area contributed by atoms with Gasteiger partial charge < -0.3 is 0 Å². The highest BCUT2D eigenvalue weighted by Crippen LogP contribution is 2.28. The monoisotopic (exact) mass is 355 g/mol. The maximum Gasteiger partial charge on any atom is 0.240 e. The zero-order valence-corrected chi connectivity index (χ0v) is 13.9. The lowest BCUT2D eigenvalue weighted by Gasteiger charge is -2.30. The van der Waals surface area contributed by atoms with Crippen LogP contribution in [0.3, 0.4) is 0 Å². The maximum atomic E-state index is 12.4. The summed E-state index contributed by atoms with van der Waals surface area (Å²) in [5, 5.41) is 0.564. The molecule has 1 aliphatic rings. The summed E-state index contributed by atoms with van der Waals surface area (Å²) in [4.78, 5) is 0.130. The van der Waals surface area contributed by atoms with Gasteiger partial charge in [0.25, 0.3) is 0 Å². The number of benzene rings is 1. The lowest BCUT2D eigenvalue weighted by Crippen LogP contribution is -2.42. The van der Waals surface area contributed by atoms with Crippen LogP contribution in [0.2, 0.25) is 10.0 Å². The molecule has 1 aromatic rings. The standard InChI is InChI=1S/C13H16Cl3NO2S/c14-8-9-3-1-2-4-13(9)17-20(18,19)10-5-6-11(15)12(16)7-10/h5-7,9,13,17H,1-4,8H2. The van der Waals surface area contributed by atoms with E-state index in [0.29, 0.717) is 10.9 Å². The van der Waals surface area contributed by atoms with Gasteiger partial charge in [-0.3, -0.25) is 0 Å². The molecule has 1 N–H and O–H groups in total. The number of sulfonamides is 1. The largest absolute Gasteiger partial charge is 0.240 e. The highest BCUT2D eigenvalue weighted by molar-refractivity contribution is 7.89. The molecule has 0 saturated heterocycles. The fraction of sp³-hybridized carbons (Fsp3) is 0.538. The predicted octanol–water partition coefficient (Wildman–Crippen LogP) is 4.07. The van der Waals surface area contributed by atoms with Crippen molar-refractivity contribution < 1.29 is 8.42 Å². The summed E-state index contributed by atoms with van der Waals surface area (Å²) in [6.07, 6.45) is 3.89. The number of halogens is 3. The first-order chi connectivity index (χ1) is 9.44. The third-order valence-corrected chi connectivity index (χ3v) is 6.24. The summed E-state index contributed by atoms with van der Waals surface area (Å²) in [7, 11) is -3.59. The van der Waals surface area contributed by atoms with E-state index in [0.717, 1.165) is 25.7 Å². The Hall–Kier alpha value is -0.000000000000000111. The molecular formula is C13H16Cl3NO2S. The Balaban J connectivity index is 2.19. The van der Waals surface area contributed by atoms with Gasteiger partial charge in [-0.2, -0.15) is 0 Å². The van der Waals surface area contributed by atoms with Gasteiger partial charge in [-0.25, -0.2) is 13.1 Å². The Kier molecular flexibility index (Phi) is 5.60. The first kappa shape index (κ1) is 16.4. The fourth-order valence-electron chi connectivity index (χ4n) is 2.46. The van der Waals surface area contributed by atoms with E-state index in [-0.39, 0.29) is 21.9 Å². The summed E-state index contributed by atoms with van der Waals surface area (Å²) in [6, 6.07) is 4.19. The van der Waals surface area contributed by atoms with Crippen LogP contribution in [0.25, 0.3) is 0 Å². The quantitative estimate of drug-likeness (QED) is 0.827. The first-order valence-electron chi connectivity index (χ1n) is 6.47. The van der Waals surface area contributed by atoms with Crippen molar-refractivity contribution in [2.75, 3.05) is 5.88 Å². The first-order valence-corrected chi connectivity index (χ1v) is 9.25. The van der Waals surface area contributed by atoms with Crippen LogP contribution in [-0.4, -0.2) is 20.3 Å². The van der Waals surface area contributed by atoms with Crippen LogP contribution in [0.1, 0.15) is 25.7 Å². The Morgan fingerprint density at radius 2 is 1.85 bits per heavy atom. The molecule has 1 saturated carbocycles. The lowest BCUT2D eigenvalue weighted by molar-refractivity contribution is 0.314. The van der Waals surface area contributed by atoms with Gasteiger partial charge in [0.05, 0.1) is 14.9 Å². The van der Waals surface area contributed by atoms with Crippen molar-refractivity contribution in [2.45, 2.75) is 36.6 Å². The van der Waals surface area contributed by atoms with Gasteiger partial charge in [-0.1, -0.05) is 36.0 Å². The number of alkyl halides is 1. The summed E-state index contributed by atoms with van der Waals surface area (Å²) in [6.45, 7) is 0. The average molecular weight is 357 g/mol. The number of hydrogen-bond acceptors (Lipinski definition) is 2. The minimum Gasteiger partial charge on any atom is -0.208 e. The van der Waals surface area contributed by atoms with Gasteiger partial charge in [0.15, 0.2) is 0 Å². The molecule has 1 fully saturated rings. The summed E-state index contributed by atoms with van der Waals surface area (Å²) >= 11 is 17.6. The molecule has 0 amide bonds. The number of nitrogens with one attached hydrogen (secondary N) is 1. The molecule has 7 heteroatoms. The minimum absolute atomic E-state index is 0.110. The van der Waals surface area contributed by atoms with E-state index >= 15 is 0 Å². The lowest BCUT2D eigenvalue weighted by atomic mass is 9.86. The van der Waals surface area contributed by atoms with E-state index in [1.165, 1.54) is 18.2 Å². The smallest absolute Gasteiger partial charge is 0.208 e. The maximum absolute atomic E-state index is 12.4. The second-order valence-electron chi connectivity index (χ2n) is 5.00. The molecular weight excluding hydrogens is 341 g/mol. The van der Waals surface area contributed by atoms with Gasteiger partial charge in [0.2, 0.25) is 10.0 Å². The number of rotatable bonds is 4. The molecule has 2 atom stereocenters. The second kappa shape index (κ2) is 6.84. The molecule has 0 radical (unpaired) electrons. The molecule has 0 aromatic heterocycles. The fourth-order valence-corrected chi connectivity index (χ4v) is 4.56. The van der Waals surface area contributed by atoms with Crippen LogP contribution in [0.15, 0.2) is 23.1 Å². The van der Waals surface area contributed by atoms with E-state index in [1.807, 2.05) is 0 Å². The number of hydrogen-bond donors (Lipinski definition) is 1. The molecule has 0 aliphatic heterocycles. The van der Waals surface area contributed by atoms with Crippen molar-refractivity contribution in [2.24, 2.45) is 5.92 Å². The van der Waals surface area contributed by atoms with Gasteiger partial charge in [0, 0.05) is 11.9 Å². The van der Waals surface area contributed by atoms with Crippen LogP contribution in [-0.2, 0) is 10.0 Å². The van der Waals surface area contributed by atoms with Crippen LogP contribution < -0.4 is 4.72 Å². The van der Waals surface area contributed by atoms with E-state index in [4.69, 9.17) is 34.8 Å². The van der Waals surface area contributed by atoms with Crippen LogP contribution in [0.5, 0.6) is 0 Å². The minimum atomic E-state index is -3.59. The van der Waals surface area contributed by atoms with Gasteiger partial charge in [0.1, 0.15) is 0 Å². The highest BCUT2D eigenvalue weighted by atomic mass is 35.5. The SMILES string of the molecule is O=S(=O)(NC1CCCCC1CCl)c1ccc(Cl)c(Cl)c1. The molecule has 2 unspecified atom stereocenters. The normalized spacial score (nSPS) is 23.8. The molecule has 0 heterocycles. The topological polar surface area (TPSA) is 46.2 Å². The van der Waals surface area contributed by atoms with Crippen molar-refractivity contribution in [3.63, 3.8) is 0 Å². The third-order valence-electron chi connectivity index (χ3n) is 3.62. The summed E-state index contributed by atoms with van der Waals surface area (Å²) < 4.78 is 27.5. The van der Waals surface area contributed by atoms with Crippen molar-refractivity contribution in [1.82, 2.24) is 4.72 Å². The predicted molar refractivity (Wildman–Crippen MR) is 83.2 cm³/mol. The van der Waals surface area contributed by atoms with Gasteiger partial charge in [-0.05, 0) is 37.0 Å². The molecule has 20 heavy (non-hydrogen) atoms. The zero-order chi connectivity index (χ0) is 14.8. The Morgan fingerprint density at radius 1 is 1.15 bits per heavy atom. The Bertz CT molecular complexity index is 577. The van der Waals surface area contributed by atoms with Crippen LogP contribution in [0, 0.1) is 5.92 Å². The molecule has 3 nitrogen and oxygen atoms in total. The van der Waals surface area contributed by atoms with Crippen molar-refractivity contribution in [1.29, 1.82) is 0 Å². The second-order valence-corrected chi connectivity index (χ2v) is 7.84. The Morgan fingerprint density at radius 3 is 2.50 bits per heavy atom. The Labute approximate surface area is 134 Å². The van der Waals surface area contributed by atoms with Crippen LogP contribution >= 0.6 is 34.8 Å². The van der Waals surface area contributed by atoms with E-state index in [2.05, 4.69) is 4.72 Å². The average Bonchev–Trinajstić information content (AvgIpc) is 2.42. The third kappa shape index (κ3) is 3.80. The molecule has 112 valence electrons. The summed E-state index contributed by atoms with van der Waals surface area (Å²) in [5.41, 5.74) is 0. The van der Waals surface area contributed by atoms with Crippen molar-refractivity contribution >= 4 is 44.8 Å². The van der Waals surface area contributed by atoms with E-state index in [9.17, 15) is 8.42 Å².